The lowest BCUT2D eigenvalue weighted by Crippen LogP contribution is -2.37. The van der Waals surface area contributed by atoms with Crippen LogP contribution in [-0.4, -0.2) is 30.1 Å². The SMILES string of the molecule is CC(C)(C)OC(=O)NCC(=O)Nc1cccc(NC(=O)CCc2ccc(Cl)cc2)c1. The second-order valence-electron chi connectivity index (χ2n) is 7.66. The minimum atomic E-state index is -0.667. The van der Waals surface area contributed by atoms with Crippen molar-refractivity contribution in [2.75, 3.05) is 17.2 Å². The maximum atomic E-state index is 12.2. The molecule has 0 heterocycles. The smallest absolute Gasteiger partial charge is 0.408 e. The number of carbonyl (C=O) groups is 3. The summed E-state index contributed by atoms with van der Waals surface area (Å²) >= 11 is 5.86. The molecule has 160 valence electrons. The molecule has 0 radical (unpaired) electrons. The normalized spacial score (nSPS) is 10.8. The second-order valence-corrected chi connectivity index (χ2v) is 8.10. The van der Waals surface area contributed by atoms with E-state index in [0.717, 1.165) is 5.56 Å². The standard InChI is InChI=1S/C22H26ClN3O4/c1-22(2,3)30-21(29)24-14-20(28)26-18-6-4-5-17(13-18)25-19(27)12-9-15-7-10-16(23)11-8-15/h4-8,10-11,13H,9,12,14H2,1-3H3,(H,24,29)(H,25,27)(H,26,28). The van der Waals surface area contributed by atoms with Crippen molar-refractivity contribution in [3.05, 3.63) is 59.1 Å². The van der Waals surface area contributed by atoms with E-state index in [1.807, 2.05) is 12.1 Å². The minimum absolute atomic E-state index is 0.139. The van der Waals surface area contributed by atoms with Gasteiger partial charge in [0, 0.05) is 22.8 Å². The molecular formula is C22H26ClN3O4. The van der Waals surface area contributed by atoms with Crippen LogP contribution in [0.4, 0.5) is 16.2 Å². The quantitative estimate of drug-likeness (QED) is 0.606. The summed E-state index contributed by atoms with van der Waals surface area (Å²) in [7, 11) is 0. The number of rotatable bonds is 7. The lowest BCUT2D eigenvalue weighted by atomic mass is 10.1. The van der Waals surface area contributed by atoms with Gasteiger partial charge in [0.2, 0.25) is 11.8 Å². The summed E-state index contributed by atoms with van der Waals surface area (Å²) in [5.74, 6) is -0.549. The van der Waals surface area contributed by atoms with E-state index < -0.39 is 17.6 Å². The highest BCUT2D eigenvalue weighted by Gasteiger charge is 2.16. The number of carbonyl (C=O) groups excluding carboxylic acids is 3. The van der Waals surface area contributed by atoms with Gasteiger partial charge in [0.05, 0.1) is 0 Å². The number of amides is 3. The highest BCUT2D eigenvalue weighted by Crippen LogP contribution is 2.16. The van der Waals surface area contributed by atoms with Gasteiger partial charge in [0.15, 0.2) is 0 Å². The van der Waals surface area contributed by atoms with Gasteiger partial charge in [-0.15, -0.1) is 0 Å². The van der Waals surface area contributed by atoms with Gasteiger partial charge in [0.25, 0.3) is 0 Å². The number of alkyl carbamates (subject to hydrolysis) is 1. The van der Waals surface area contributed by atoms with E-state index in [9.17, 15) is 14.4 Å². The van der Waals surface area contributed by atoms with Crippen molar-refractivity contribution in [1.29, 1.82) is 0 Å². The van der Waals surface area contributed by atoms with Gasteiger partial charge in [-0.05, 0) is 63.1 Å². The molecule has 8 heteroatoms. The Balaban J connectivity index is 1.80. The number of hydrogen-bond donors (Lipinski definition) is 3. The van der Waals surface area contributed by atoms with Crippen molar-refractivity contribution in [3.63, 3.8) is 0 Å². The molecule has 30 heavy (non-hydrogen) atoms. The number of ether oxygens (including phenoxy) is 1. The summed E-state index contributed by atoms with van der Waals surface area (Å²) in [4.78, 5) is 35.8. The molecule has 0 aromatic heterocycles. The molecule has 0 unspecified atom stereocenters. The van der Waals surface area contributed by atoms with Crippen LogP contribution in [-0.2, 0) is 20.7 Å². The Morgan fingerprint density at radius 3 is 2.13 bits per heavy atom. The number of benzene rings is 2. The van der Waals surface area contributed by atoms with E-state index in [1.165, 1.54) is 0 Å². The zero-order chi connectivity index (χ0) is 22.1. The van der Waals surface area contributed by atoms with Crippen LogP contribution in [0.25, 0.3) is 0 Å². The summed E-state index contributed by atoms with van der Waals surface area (Å²) in [6.07, 6.45) is 0.243. The maximum absolute atomic E-state index is 12.2. The molecule has 0 bridgehead atoms. The number of nitrogens with one attached hydrogen (secondary N) is 3. The Morgan fingerprint density at radius 1 is 0.933 bits per heavy atom. The molecule has 2 rings (SSSR count). The van der Waals surface area contributed by atoms with Crippen LogP contribution in [0.3, 0.4) is 0 Å². The van der Waals surface area contributed by atoms with Crippen molar-refractivity contribution in [3.8, 4) is 0 Å². The molecule has 0 saturated heterocycles. The van der Waals surface area contributed by atoms with Gasteiger partial charge in [0.1, 0.15) is 12.1 Å². The van der Waals surface area contributed by atoms with Crippen LogP contribution in [0.5, 0.6) is 0 Å². The van der Waals surface area contributed by atoms with Gasteiger partial charge in [-0.1, -0.05) is 29.8 Å². The van der Waals surface area contributed by atoms with Gasteiger partial charge in [-0.2, -0.15) is 0 Å². The van der Waals surface area contributed by atoms with Crippen molar-refractivity contribution in [1.82, 2.24) is 5.32 Å². The van der Waals surface area contributed by atoms with E-state index in [4.69, 9.17) is 16.3 Å². The molecule has 0 aliphatic rings. The monoisotopic (exact) mass is 431 g/mol. The fraction of sp³-hybridized carbons (Fsp3) is 0.318. The first-order valence-electron chi connectivity index (χ1n) is 9.52. The summed E-state index contributed by atoms with van der Waals surface area (Å²) < 4.78 is 5.08. The third-order valence-electron chi connectivity index (χ3n) is 3.78. The predicted octanol–water partition coefficient (Wildman–Crippen LogP) is 4.37. The highest BCUT2D eigenvalue weighted by molar-refractivity contribution is 6.30. The van der Waals surface area contributed by atoms with Gasteiger partial charge in [-0.25, -0.2) is 4.79 Å². The molecule has 0 aliphatic carbocycles. The largest absolute Gasteiger partial charge is 0.444 e. The van der Waals surface area contributed by atoms with Crippen molar-refractivity contribution in [2.24, 2.45) is 0 Å². The van der Waals surface area contributed by atoms with Crippen LogP contribution < -0.4 is 16.0 Å². The Bertz CT molecular complexity index is 892. The zero-order valence-electron chi connectivity index (χ0n) is 17.3. The summed E-state index contributed by atoms with van der Waals surface area (Å²) in [5, 5.41) is 8.52. The van der Waals surface area contributed by atoms with Crippen LogP contribution in [0, 0.1) is 0 Å². The van der Waals surface area contributed by atoms with Crippen molar-refractivity contribution >= 4 is 40.9 Å². The molecule has 0 spiro atoms. The molecule has 0 atom stereocenters. The Kier molecular flexibility index (Phi) is 8.24. The molecule has 0 fully saturated rings. The lowest BCUT2D eigenvalue weighted by molar-refractivity contribution is -0.116. The van der Waals surface area contributed by atoms with E-state index in [1.54, 1.807) is 57.2 Å². The Morgan fingerprint density at radius 2 is 1.53 bits per heavy atom. The minimum Gasteiger partial charge on any atom is -0.444 e. The molecule has 0 saturated carbocycles. The first kappa shape index (κ1) is 23.2. The number of halogens is 1. The molecule has 3 N–H and O–H groups in total. The average molecular weight is 432 g/mol. The Labute approximate surface area is 181 Å². The van der Waals surface area contributed by atoms with Crippen LogP contribution >= 0.6 is 11.6 Å². The first-order chi connectivity index (χ1) is 14.1. The van der Waals surface area contributed by atoms with Crippen LogP contribution in [0.2, 0.25) is 5.02 Å². The fourth-order valence-corrected chi connectivity index (χ4v) is 2.60. The van der Waals surface area contributed by atoms with Crippen molar-refractivity contribution in [2.45, 2.75) is 39.2 Å². The molecule has 2 aromatic carbocycles. The summed E-state index contributed by atoms with van der Waals surface area (Å²) in [5.41, 5.74) is 1.45. The van der Waals surface area contributed by atoms with E-state index in [-0.39, 0.29) is 12.5 Å². The predicted molar refractivity (Wildman–Crippen MR) is 118 cm³/mol. The number of anilines is 2. The zero-order valence-corrected chi connectivity index (χ0v) is 18.0. The molecule has 7 nitrogen and oxygen atoms in total. The van der Waals surface area contributed by atoms with E-state index in [2.05, 4.69) is 16.0 Å². The first-order valence-corrected chi connectivity index (χ1v) is 9.89. The number of aryl methyl sites for hydroxylation is 1. The molecular weight excluding hydrogens is 406 g/mol. The Hall–Kier alpha value is -3.06. The third-order valence-corrected chi connectivity index (χ3v) is 4.03. The maximum Gasteiger partial charge on any atom is 0.408 e. The number of hydrogen-bond acceptors (Lipinski definition) is 4. The summed E-state index contributed by atoms with van der Waals surface area (Å²) in [6.45, 7) is 4.98. The van der Waals surface area contributed by atoms with Crippen LogP contribution in [0.1, 0.15) is 32.8 Å². The van der Waals surface area contributed by atoms with Gasteiger partial charge in [-0.3, -0.25) is 9.59 Å². The van der Waals surface area contributed by atoms with Crippen molar-refractivity contribution < 1.29 is 19.1 Å². The molecule has 3 amide bonds. The molecule has 2 aromatic rings. The topological polar surface area (TPSA) is 96.5 Å². The van der Waals surface area contributed by atoms with E-state index in [0.29, 0.717) is 29.2 Å². The van der Waals surface area contributed by atoms with Gasteiger partial charge < -0.3 is 20.7 Å². The summed E-state index contributed by atoms with van der Waals surface area (Å²) in [6, 6.07) is 14.1. The van der Waals surface area contributed by atoms with Gasteiger partial charge >= 0.3 is 6.09 Å². The highest BCUT2D eigenvalue weighted by atomic mass is 35.5. The fourth-order valence-electron chi connectivity index (χ4n) is 2.48. The second kappa shape index (κ2) is 10.6. The van der Waals surface area contributed by atoms with Crippen LogP contribution in [0.15, 0.2) is 48.5 Å². The van der Waals surface area contributed by atoms with E-state index >= 15 is 0 Å². The third kappa shape index (κ3) is 8.96. The molecule has 0 aliphatic heterocycles. The average Bonchev–Trinajstić information content (AvgIpc) is 2.65. The lowest BCUT2D eigenvalue weighted by Gasteiger charge is -2.19.